The summed E-state index contributed by atoms with van der Waals surface area (Å²) in [5.41, 5.74) is 2.12. The van der Waals surface area contributed by atoms with Gasteiger partial charge in [-0.3, -0.25) is 4.79 Å². The first kappa shape index (κ1) is 17.0. The Bertz CT molecular complexity index is 917. The Morgan fingerprint density at radius 2 is 1.88 bits per heavy atom. The van der Waals surface area contributed by atoms with Crippen molar-refractivity contribution in [3.8, 4) is 11.3 Å². The number of hydrogen-bond donors (Lipinski definition) is 1. The maximum absolute atomic E-state index is 13.5. The number of benzene rings is 1. The third-order valence-corrected chi connectivity index (χ3v) is 3.73. The van der Waals surface area contributed by atoms with E-state index >= 15 is 0 Å². The van der Waals surface area contributed by atoms with Crippen LogP contribution in [0, 0.1) is 6.92 Å². The summed E-state index contributed by atoms with van der Waals surface area (Å²) in [6.07, 6.45) is -1.47. The highest BCUT2D eigenvalue weighted by atomic mass is 19.3. The van der Waals surface area contributed by atoms with Gasteiger partial charge in [0.25, 0.3) is 12.3 Å². The van der Waals surface area contributed by atoms with Gasteiger partial charge < -0.3 is 5.32 Å². The predicted octanol–water partition coefficient (Wildman–Crippen LogP) is 3.78. The molecule has 2 aromatic heterocycles. The molecule has 1 aromatic carbocycles. The summed E-state index contributed by atoms with van der Waals surface area (Å²) in [5, 5.41) is 6.66. The van der Waals surface area contributed by atoms with Crippen molar-refractivity contribution in [3.63, 3.8) is 0 Å². The molecule has 0 atom stereocenters. The van der Waals surface area contributed by atoms with Crippen LogP contribution in [0.1, 0.15) is 41.9 Å². The van der Waals surface area contributed by atoms with Crippen LogP contribution in [0.4, 0.5) is 8.78 Å². The smallest absolute Gasteiger partial charge is 0.280 e. The van der Waals surface area contributed by atoms with E-state index in [0.717, 1.165) is 10.1 Å². The van der Waals surface area contributed by atoms with E-state index in [-0.39, 0.29) is 22.9 Å². The molecule has 0 saturated carbocycles. The Kier molecular flexibility index (Phi) is 4.48. The Balaban J connectivity index is 2.19. The Morgan fingerprint density at radius 1 is 1.20 bits per heavy atom. The van der Waals surface area contributed by atoms with Gasteiger partial charge >= 0.3 is 0 Å². The Hall–Kier alpha value is -2.83. The van der Waals surface area contributed by atoms with E-state index in [1.807, 2.05) is 45.0 Å². The third-order valence-electron chi connectivity index (χ3n) is 3.73. The lowest BCUT2D eigenvalue weighted by molar-refractivity contribution is 0.0944. The summed E-state index contributed by atoms with van der Waals surface area (Å²) in [4.78, 5) is 16.7. The normalized spacial score (nSPS) is 11.5. The number of hydrogen-bond acceptors (Lipinski definition) is 3. The standard InChI is InChI=1S/C18H18F2N4O/c1-10(2)22-18(25)13-9-21-24-15(16(19)20)8-14(23-17(13)24)12-6-4-11(3)5-7-12/h4-10,16H,1-3H3,(H,22,25). The van der Waals surface area contributed by atoms with E-state index < -0.39 is 12.3 Å². The second kappa shape index (κ2) is 6.58. The van der Waals surface area contributed by atoms with Gasteiger partial charge in [-0.2, -0.15) is 5.10 Å². The van der Waals surface area contributed by atoms with Gasteiger partial charge in [-0.05, 0) is 26.8 Å². The minimum atomic E-state index is -2.74. The van der Waals surface area contributed by atoms with Crippen LogP contribution in [0.3, 0.4) is 0 Å². The molecule has 0 bridgehead atoms. The van der Waals surface area contributed by atoms with Crippen LogP contribution in [0.5, 0.6) is 0 Å². The van der Waals surface area contributed by atoms with Crippen LogP contribution in [0.15, 0.2) is 36.5 Å². The Labute approximate surface area is 143 Å². The third kappa shape index (κ3) is 3.35. The van der Waals surface area contributed by atoms with Gasteiger partial charge in [-0.1, -0.05) is 29.8 Å². The molecule has 0 aliphatic heterocycles. The molecule has 0 saturated heterocycles. The summed E-state index contributed by atoms with van der Waals surface area (Å²) in [5.74, 6) is -0.390. The van der Waals surface area contributed by atoms with Crippen LogP contribution >= 0.6 is 0 Å². The van der Waals surface area contributed by atoms with Gasteiger partial charge in [-0.25, -0.2) is 18.3 Å². The Morgan fingerprint density at radius 3 is 2.48 bits per heavy atom. The molecule has 3 rings (SSSR count). The number of amides is 1. The SMILES string of the molecule is Cc1ccc(-c2cc(C(F)F)n3ncc(C(=O)NC(C)C)c3n2)cc1. The summed E-state index contributed by atoms with van der Waals surface area (Å²) in [7, 11) is 0. The number of nitrogens with one attached hydrogen (secondary N) is 1. The fraction of sp³-hybridized carbons (Fsp3) is 0.278. The highest BCUT2D eigenvalue weighted by molar-refractivity contribution is 6.00. The van der Waals surface area contributed by atoms with E-state index in [4.69, 9.17) is 0 Å². The summed E-state index contributed by atoms with van der Waals surface area (Å²) in [6.45, 7) is 5.58. The number of nitrogens with zero attached hydrogens (tertiary/aromatic N) is 3. The zero-order valence-corrected chi connectivity index (χ0v) is 14.1. The van der Waals surface area contributed by atoms with Crippen LogP contribution in [0.25, 0.3) is 16.9 Å². The molecule has 0 fully saturated rings. The number of aryl methyl sites for hydroxylation is 1. The molecule has 1 amide bonds. The molecule has 25 heavy (non-hydrogen) atoms. The van der Waals surface area contributed by atoms with Crippen LogP contribution in [-0.4, -0.2) is 26.5 Å². The average molecular weight is 344 g/mol. The van der Waals surface area contributed by atoms with Crippen molar-refractivity contribution in [2.75, 3.05) is 0 Å². The number of halogens is 2. The molecule has 0 radical (unpaired) electrons. The lowest BCUT2D eigenvalue weighted by Crippen LogP contribution is -2.30. The van der Waals surface area contributed by atoms with E-state index in [2.05, 4.69) is 15.4 Å². The monoisotopic (exact) mass is 344 g/mol. The van der Waals surface area contributed by atoms with Crippen molar-refractivity contribution in [2.24, 2.45) is 0 Å². The molecule has 7 heteroatoms. The van der Waals surface area contributed by atoms with Crippen molar-refractivity contribution < 1.29 is 13.6 Å². The lowest BCUT2D eigenvalue weighted by Gasteiger charge is -2.10. The molecule has 0 aliphatic carbocycles. The molecule has 0 unspecified atom stereocenters. The zero-order valence-electron chi connectivity index (χ0n) is 14.1. The molecule has 3 aromatic rings. The van der Waals surface area contributed by atoms with Crippen molar-refractivity contribution >= 4 is 11.6 Å². The molecule has 2 heterocycles. The highest BCUT2D eigenvalue weighted by Crippen LogP contribution is 2.27. The second-order valence-electron chi connectivity index (χ2n) is 6.15. The van der Waals surface area contributed by atoms with Crippen molar-refractivity contribution in [2.45, 2.75) is 33.2 Å². The van der Waals surface area contributed by atoms with E-state index in [9.17, 15) is 13.6 Å². The minimum absolute atomic E-state index is 0.0858. The number of carbonyl (C=O) groups excluding carboxylic acids is 1. The van der Waals surface area contributed by atoms with Crippen LogP contribution in [0.2, 0.25) is 0 Å². The first-order chi connectivity index (χ1) is 11.9. The topological polar surface area (TPSA) is 59.3 Å². The van der Waals surface area contributed by atoms with Gasteiger partial charge in [0.1, 0.15) is 11.3 Å². The van der Waals surface area contributed by atoms with Gasteiger partial charge in [0.2, 0.25) is 0 Å². The molecule has 0 spiro atoms. The number of carbonyl (C=O) groups is 1. The van der Waals surface area contributed by atoms with Crippen LogP contribution in [-0.2, 0) is 0 Å². The van der Waals surface area contributed by atoms with Gasteiger partial charge in [0.15, 0.2) is 5.65 Å². The molecule has 130 valence electrons. The maximum atomic E-state index is 13.5. The van der Waals surface area contributed by atoms with Crippen molar-refractivity contribution in [3.05, 3.63) is 53.3 Å². The summed E-state index contributed by atoms with van der Waals surface area (Å²) < 4.78 is 28.0. The number of fused-ring (bicyclic) bond motifs is 1. The number of rotatable bonds is 4. The average Bonchev–Trinajstić information content (AvgIpc) is 2.97. The first-order valence-electron chi connectivity index (χ1n) is 7.91. The quantitative estimate of drug-likeness (QED) is 0.783. The minimum Gasteiger partial charge on any atom is -0.350 e. The molecular formula is C18H18F2N4O. The predicted molar refractivity (Wildman–Crippen MR) is 90.7 cm³/mol. The van der Waals surface area contributed by atoms with E-state index in [0.29, 0.717) is 11.3 Å². The highest BCUT2D eigenvalue weighted by Gasteiger charge is 2.21. The van der Waals surface area contributed by atoms with Crippen molar-refractivity contribution in [1.29, 1.82) is 0 Å². The molecule has 5 nitrogen and oxygen atoms in total. The van der Waals surface area contributed by atoms with Crippen LogP contribution < -0.4 is 5.32 Å². The van der Waals surface area contributed by atoms with Gasteiger partial charge in [-0.15, -0.1) is 0 Å². The van der Waals surface area contributed by atoms with E-state index in [1.165, 1.54) is 12.3 Å². The zero-order chi connectivity index (χ0) is 18.1. The number of aromatic nitrogens is 3. The van der Waals surface area contributed by atoms with Gasteiger partial charge in [0, 0.05) is 11.6 Å². The van der Waals surface area contributed by atoms with E-state index in [1.54, 1.807) is 0 Å². The maximum Gasteiger partial charge on any atom is 0.280 e. The number of alkyl halides is 2. The van der Waals surface area contributed by atoms with Crippen molar-refractivity contribution in [1.82, 2.24) is 19.9 Å². The molecular weight excluding hydrogens is 326 g/mol. The fourth-order valence-electron chi connectivity index (χ4n) is 2.51. The molecule has 0 aliphatic rings. The lowest BCUT2D eigenvalue weighted by atomic mass is 10.1. The summed E-state index contributed by atoms with van der Waals surface area (Å²) >= 11 is 0. The first-order valence-corrected chi connectivity index (χ1v) is 7.91. The summed E-state index contributed by atoms with van der Waals surface area (Å²) in [6, 6.07) is 8.61. The fourth-order valence-corrected chi connectivity index (χ4v) is 2.51. The van der Waals surface area contributed by atoms with Gasteiger partial charge in [0.05, 0.1) is 11.9 Å². The largest absolute Gasteiger partial charge is 0.350 e. The second-order valence-corrected chi connectivity index (χ2v) is 6.15. The molecule has 1 N–H and O–H groups in total.